The van der Waals surface area contributed by atoms with E-state index >= 15 is 0 Å². The first-order valence-corrected chi connectivity index (χ1v) is 10.2. The average Bonchev–Trinajstić information content (AvgIpc) is 3.20. The number of aromatic nitrogens is 3. The van der Waals surface area contributed by atoms with Crippen LogP contribution in [0.3, 0.4) is 0 Å². The van der Waals surface area contributed by atoms with Crippen molar-refractivity contribution in [1.82, 2.24) is 25.0 Å². The second-order valence-electron chi connectivity index (χ2n) is 6.99. The largest absolute Gasteiger partial charge is 0.496 e. The minimum absolute atomic E-state index is 0.0278. The number of hydrogen-bond acceptors (Lipinski definition) is 5. The summed E-state index contributed by atoms with van der Waals surface area (Å²) in [4.78, 5) is 27.1. The van der Waals surface area contributed by atoms with E-state index in [1.54, 1.807) is 29.4 Å². The van der Waals surface area contributed by atoms with Crippen LogP contribution in [0.25, 0.3) is 0 Å². The monoisotopic (exact) mass is 419 g/mol. The standard InChI is InChI=1S/C20H26ClN5O3/c1-3-25-13-23-24-18(25)6-9-22-19(27)14-7-10-26(11-8-14)20(28)16-12-15(21)4-5-17(16)29-2/h4-5,12-14H,3,6-11H2,1-2H3,(H,22,27). The van der Waals surface area contributed by atoms with Crippen LogP contribution in [0.4, 0.5) is 0 Å². The van der Waals surface area contributed by atoms with Gasteiger partial charge in [0.2, 0.25) is 5.91 Å². The third-order valence-corrected chi connectivity index (χ3v) is 5.46. The van der Waals surface area contributed by atoms with Gasteiger partial charge < -0.3 is 19.5 Å². The fourth-order valence-electron chi connectivity index (χ4n) is 3.54. The zero-order valence-electron chi connectivity index (χ0n) is 16.7. The Kier molecular flexibility index (Phi) is 7.09. The van der Waals surface area contributed by atoms with Gasteiger partial charge in [-0.2, -0.15) is 0 Å². The maximum Gasteiger partial charge on any atom is 0.257 e. The third kappa shape index (κ3) is 5.06. The molecule has 1 saturated heterocycles. The Morgan fingerprint density at radius 1 is 1.31 bits per heavy atom. The van der Waals surface area contributed by atoms with E-state index in [1.807, 2.05) is 11.5 Å². The van der Waals surface area contributed by atoms with E-state index in [1.165, 1.54) is 7.11 Å². The van der Waals surface area contributed by atoms with Gasteiger partial charge in [0.1, 0.15) is 17.9 Å². The topological polar surface area (TPSA) is 89.4 Å². The van der Waals surface area contributed by atoms with Crippen molar-refractivity contribution in [2.24, 2.45) is 5.92 Å². The zero-order chi connectivity index (χ0) is 20.8. The molecule has 2 amide bonds. The molecule has 1 aromatic heterocycles. The molecule has 1 aliphatic heterocycles. The summed E-state index contributed by atoms with van der Waals surface area (Å²) in [6.07, 6.45) is 3.60. The lowest BCUT2D eigenvalue weighted by molar-refractivity contribution is -0.126. The van der Waals surface area contributed by atoms with Crippen LogP contribution in [0.1, 0.15) is 35.9 Å². The summed E-state index contributed by atoms with van der Waals surface area (Å²) < 4.78 is 7.24. The molecular formula is C20H26ClN5O3. The number of halogens is 1. The van der Waals surface area contributed by atoms with Crippen LogP contribution < -0.4 is 10.1 Å². The van der Waals surface area contributed by atoms with Gasteiger partial charge in [-0.15, -0.1) is 10.2 Å². The smallest absolute Gasteiger partial charge is 0.257 e. The number of piperidine rings is 1. The molecule has 1 fully saturated rings. The highest BCUT2D eigenvalue weighted by Crippen LogP contribution is 2.26. The van der Waals surface area contributed by atoms with Gasteiger partial charge in [-0.1, -0.05) is 11.6 Å². The van der Waals surface area contributed by atoms with Gasteiger partial charge >= 0.3 is 0 Å². The Morgan fingerprint density at radius 3 is 2.76 bits per heavy atom. The van der Waals surface area contributed by atoms with Crippen LogP contribution in [0, 0.1) is 5.92 Å². The summed E-state index contributed by atoms with van der Waals surface area (Å²) in [5.74, 6) is 1.18. The van der Waals surface area contributed by atoms with Crippen molar-refractivity contribution in [3.05, 3.63) is 40.9 Å². The number of amides is 2. The molecule has 0 bridgehead atoms. The van der Waals surface area contributed by atoms with Crippen molar-refractivity contribution in [2.45, 2.75) is 32.7 Å². The van der Waals surface area contributed by atoms with Crippen molar-refractivity contribution in [3.63, 3.8) is 0 Å². The molecule has 0 atom stereocenters. The van der Waals surface area contributed by atoms with Crippen molar-refractivity contribution >= 4 is 23.4 Å². The van der Waals surface area contributed by atoms with Gasteiger partial charge in [0.25, 0.3) is 5.91 Å². The Labute approximate surface area is 175 Å². The molecule has 2 aromatic rings. The number of aryl methyl sites for hydroxylation is 1. The number of likely N-dealkylation sites (tertiary alicyclic amines) is 1. The lowest BCUT2D eigenvalue weighted by Crippen LogP contribution is -2.43. The van der Waals surface area contributed by atoms with Crippen molar-refractivity contribution in [2.75, 3.05) is 26.7 Å². The Hall–Kier alpha value is -2.61. The lowest BCUT2D eigenvalue weighted by atomic mass is 9.95. The molecule has 9 heteroatoms. The summed E-state index contributed by atoms with van der Waals surface area (Å²) in [5, 5.41) is 11.4. The SMILES string of the molecule is CCn1cnnc1CCNC(=O)C1CCN(C(=O)c2cc(Cl)ccc2OC)CC1. The van der Waals surface area contributed by atoms with E-state index < -0.39 is 0 Å². The molecule has 1 N–H and O–H groups in total. The first-order chi connectivity index (χ1) is 14.0. The van der Waals surface area contributed by atoms with E-state index in [0.717, 1.165) is 12.4 Å². The van der Waals surface area contributed by atoms with Gasteiger partial charge in [0.05, 0.1) is 12.7 Å². The average molecular weight is 420 g/mol. The van der Waals surface area contributed by atoms with E-state index in [-0.39, 0.29) is 17.7 Å². The van der Waals surface area contributed by atoms with Crippen LogP contribution in [0.2, 0.25) is 5.02 Å². The first kappa shape index (κ1) is 21.1. The van der Waals surface area contributed by atoms with Gasteiger partial charge in [0, 0.05) is 43.5 Å². The van der Waals surface area contributed by atoms with Crippen LogP contribution in [0.15, 0.2) is 24.5 Å². The van der Waals surface area contributed by atoms with E-state index in [9.17, 15) is 9.59 Å². The molecule has 0 unspecified atom stereocenters. The highest BCUT2D eigenvalue weighted by molar-refractivity contribution is 6.31. The van der Waals surface area contributed by atoms with Gasteiger partial charge in [-0.25, -0.2) is 0 Å². The number of carbonyl (C=O) groups is 2. The van der Waals surface area contributed by atoms with Crippen molar-refractivity contribution in [1.29, 1.82) is 0 Å². The molecule has 0 aliphatic carbocycles. The zero-order valence-corrected chi connectivity index (χ0v) is 17.5. The van der Waals surface area contributed by atoms with E-state index in [2.05, 4.69) is 15.5 Å². The fourth-order valence-corrected chi connectivity index (χ4v) is 3.71. The van der Waals surface area contributed by atoms with Crippen LogP contribution in [-0.2, 0) is 17.8 Å². The van der Waals surface area contributed by atoms with Gasteiger partial charge in [0.15, 0.2) is 0 Å². The number of carbonyl (C=O) groups excluding carboxylic acids is 2. The third-order valence-electron chi connectivity index (χ3n) is 5.23. The quantitative estimate of drug-likeness (QED) is 0.742. The Balaban J connectivity index is 1.49. The molecule has 29 heavy (non-hydrogen) atoms. The first-order valence-electron chi connectivity index (χ1n) is 9.80. The molecule has 8 nitrogen and oxygen atoms in total. The summed E-state index contributed by atoms with van der Waals surface area (Å²) >= 11 is 6.04. The molecule has 0 saturated carbocycles. The van der Waals surface area contributed by atoms with Crippen molar-refractivity contribution < 1.29 is 14.3 Å². The van der Waals surface area contributed by atoms with Crippen LogP contribution in [-0.4, -0.2) is 58.2 Å². The molecule has 156 valence electrons. The predicted molar refractivity (Wildman–Crippen MR) is 109 cm³/mol. The maximum absolute atomic E-state index is 12.8. The minimum atomic E-state index is -0.123. The second kappa shape index (κ2) is 9.73. The highest BCUT2D eigenvalue weighted by atomic mass is 35.5. The maximum atomic E-state index is 12.8. The number of ether oxygens (including phenoxy) is 1. The molecule has 1 aliphatic rings. The summed E-state index contributed by atoms with van der Waals surface area (Å²) in [5.41, 5.74) is 0.447. The predicted octanol–water partition coefficient (Wildman–Crippen LogP) is 2.17. The van der Waals surface area contributed by atoms with Crippen molar-refractivity contribution in [3.8, 4) is 5.75 Å². The number of methoxy groups -OCH3 is 1. The second-order valence-corrected chi connectivity index (χ2v) is 7.42. The number of rotatable bonds is 7. The molecule has 3 rings (SSSR count). The van der Waals surface area contributed by atoms with Crippen LogP contribution >= 0.6 is 11.6 Å². The molecule has 0 radical (unpaired) electrons. The number of hydrogen-bond donors (Lipinski definition) is 1. The Bertz CT molecular complexity index is 862. The highest BCUT2D eigenvalue weighted by Gasteiger charge is 2.29. The Morgan fingerprint density at radius 2 is 2.07 bits per heavy atom. The lowest BCUT2D eigenvalue weighted by Gasteiger charge is -2.31. The molecule has 2 heterocycles. The molecule has 1 aromatic carbocycles. The fraction of sp³-hybridized carbons (Fsp3) is 0.500. The normalized spacial score (nSPS) is 14.7. The van der Waals surface area contributed by atoms with E-state index in [4.69, 9.17) is 16.3 Å². The number of nitrogens with zero attached hydrogens (tertiary/aromatic N) is 4. The van der Waals surface area contributed by atoms with E-state index in [0.29, 0.717) is 55.2 Å². The number of nitrogens with one attached hydrogen (secondary N) is 1. The summed E-state index contributed by atoms with van der Waals surface area (Å²) in [7, 11) is 1.53. The summed E-state index contributed by atoms with van der Waals surface area (Å²) in [6.45, 7) is 4.41. The van der Waals surface area contributed by atoms with Gasteiger partial charge in [-0.05, 0) is 38.0 Å². The molecular weight excluding hydrogens is 394 g/mol. The summed E-state index contributed by atoms with van der Waals surface area (Å²) in [6, 6.07) is 5.00. The van der Waals surface area contributed by atoms with Crippen LogP contribution in [0.5, 0.6) is 5.75 Å². The van der Waals surface area contributed by atoms with Gasteiger partial charge in [-0.3, -0.25) is 9.59 Å². The minimum Gasteiger partial charge on any atom is -0.496 e. The molecule has 0 spiro atoms. The number of benzene rings is 1.